The van der Waals surface area contributed by atoms with E-state index >= 15 is 0 Å². The van der Waals surface area contributed by atoms with Crippen LogP contribution < -0.4 is 0 Å². The Kier molecular flexibility index (Phi) is 5.74. The number of likely N-dealkylation sites (tertiary alicyclic amines) is 1. The van der Waals surface area contributed by atoms with E-state index in [0.29, 0.717) is 45.7 Å². The Morgan fingerprint density at radius 3 is 3.04 bits per heavy atom. The van der Waals surface area contributed by atoms with Gasteiger partial charge in [-0.1, -0.05) is 0 Å². The van der Waals surface area contributed by atoms with Crippen LogP contribution in [0.15, 0.2) is 18.6 Å². The van der Waals surface area contributed by atoms with Gasteiger partial charge in [0.2, 0.25) is 11.8 Å². The molecule has 130 valence electrons. The lowest BCUT2D eigenvalue weighted by molar-refractivity contribution is -0.133. The Morgan fingerprint density at radius 1 is 1.38 bits per heavy atom. The fourth-order valence-electron chi connectivity index (χ4n) is 3.29. The first-order valence-electron chi connectivity index (χ1n) is 8.60. The molecule has 1 aromatic rings. The van der Waals surface area contributed by atoms with Crippen LogP contribution in [0.3, 0.4) is 0 Å². The highest BCUT2D eigenvalue weighted by atomic mass is 16.5. The summed E-state index contributed by atoms with van der Waals surface area (Å²) in [4.78, 5) is 36.0. The summed E-state index contributed by atoms with van der Waals surface area (Å²) in [6.45, 7) is 3.81. The molecule has 0 aliphatic carbocycles. The van der Waals surface area contributed by atoms with Crippen LogP contribution in [-0.2, 0) is 20.7 Å². The van der Waals surface area contributed by atoms with E-state index in [9.17, 15) is 9.59 Å². The average molecular weight is 332 g/mol. The van der Waals surface area contributed by atoms with Gasteiger partial charge in [-0.2, -0.15) is 0 Å². The summed E-state index contributed by atoms with van der Waals surface area (Å²) in [7, 11) is 0. The van der Waals surface area contributed by atoms with Crippen molar-refractivity contribution in [3.8, 4) is 0 Å². The molecule has 2 amide bonds. The largest absolute Gasteiger partial charge is 0.379 e. The van der Waals surface area contributed by atoms with Crippen molar-refractivity contribution in [2.75, 3.05) is 39.4 Å². The summed E-state index contributed by atoms with van der Waals surface area (Å²) in [6, 6.07) is 1.90. The van der Waals surface area contributed by atoms with Gasteiger partial charge in [-0.25, -0.2) is 9.97 Å². The van der Waals surface area contributed by atoms with Crippen molar-refractivity contribution in [1.82, 2.24) is 19.8 Å². The van der Waals surface area contributed by atoms with Crippen molar-refractivity contribution in [1.29, 1.82) is 0 Å². The van der Waals surface area contributed by atoms with Crippen molar-refractivity contribution in [2.45, 2.75) is 25.7 Å². The van der Waals surface area contributed by atoms with E-state index in [0.717, 1.165) is 25.1 Å². The Morgan fingerprint density at radius 2 is 2.29 bits per heavy atom. The van der Waals surface area contributed by atoms with E-state index in [2.05, 4.69) is 9.97 Å². The maximum Gasteiger partial charge on any atom is 0.224 e. The number of aromatic nitrogens is 2. The highest BCUT2D eigenvalue weighted by molar-refractivity contribution is 5.80. The van der Waals surface area contributed by atoms with Gasteiger partial charge in [0, 0.05) is 56.8 Å². The second-order valence-corrected chi connectivity index (χ2v) is 6.42. The second-order valence-electron chi connectivity index (χ2n) is 6.42. The molecule has 2 saturated heterocycles. The molecule has 24 heavy (non-hydrogen) atoms. The van der Waals surface area contributed by atoms with Crippen molar-refractivity contribution in [3.63, 3.8) is 0 Å². The fraction of sp³-hybridized carbons (Fsp3) is 0.647. The molecule has 0 radical (unpaired) electrons. The first kappa shape index (κ1) is 16.8. The zero-order valence-electron chi connectivity index (χ0n) is 13.9. The van der Waals surface area contributed by atoms with E-state index in [1.54, 1.807) is 17.4 Å². The minimum Gasteiger partial charge on any atom is -0.379 e. The molecular weight excluding hydrogens is 308 g/mol. The van der Waals surface area contributed by atoms with E-state index in [4.69, 9.17) is 4.74 Å². The van der Waals surface area contributed by atoms with Crippen molar-refractivity contribution >= 4 is 11.8 Å². The molecule has 0 saturated carbocycles. The monoisotopic (exact) mass is 332 g/mol. The van der Waals surface area contributed by atoms with E-state index < -0.39 is 0 Å². The van der Waals surface area contributed by atoms with Crippen LogP contribution in [0, 0.1) is 5.92 Å². The van der Waals surface area contributed by atoms with Crippen molar-refractivity contribution in [2.24, 2.45) is 5.92 Å². The summed E-state index contributed by atoms with van der Waals surface area (Å²) < 4.78 is 5.65. The maximum absolute atomic E-state index is 12.5. The van der Waals surface area contributed by atoms with Crippen LogP contribution in [0.5, 0.6) is 0 Å². The summed E-state index contributed by atoms with van der Waals surface area (Å²) >= 11 is 0. The molecule has 2 aliphatic rings. The van der Waals surface area contributed by atoms with Gasteiger partial charge >= 0.3 is 0 Å². The van der Waals surface area contributed by atoms with Crippen LogP contribution in [0.25, 0.3) is 0 Å². The van der Waals surface area contributed by atoms with Crippen LogP contribution in [0.1, 0.15) is 25.0 Å². The quantitative estimate of drug-likeness (QED) is 0.785. The zero-order valence-corrected chi connectivity index (χ0v) is 13.9. The van der Waals surface area contributed by atoms with Crippen LogP contribution in [0.2, 0.25) is 0 Å². The van der Waals surface area contributed by atoms with Crippen molar-refractivity contribution in [3.05, 3.63) is 24.3 Å². The average Bonchev–Trinajstić information content (AvgIpc) is 2.86. The summed E-state index contributed by atoms with van der Waals surface area (Å²) in [5.41, 5.74) is 0.968. The molecular formula is C17H24N4O3. The van der Waals surface area contributed by atoms with Gasteiger partial charge in [0.1, 0.15) is 6.33 Å². The Balaban J connectivity index is 1.52. The minimum absolute atomic E-state index is 0.105. The fourth-order valence-corrected chi connectivity index (χ4v) is 3.29. The molecule has 2 fully saturated rings. The van der Waals surface area contributed by atoms with E-state index in [1.165, 1.54) is 0 Å². The lowest BCUT2D eigenvalue weighted by Crippen LogP contribution is -2.38. The number of nitrogens with zero attached hydrogens (tertiary/aromatic N) is 4. The Labute approximate surface area is 142 Å². The third-order valence-corrected chi connectivity index (χ3v) is 4.60. The SMILES string of the molecule is O=C1CCCN1CCC(=O)N1CCOC[C@@H](Cc2ccncn2)C1. The lowest BCUT2D eigenvalue weighted by atomic mass is 10.0. The predicted octanol–water partition coefficient (Wildman–Crippen LogP) is 0.507. The number of amides is 2. The topological polar surface area (TPSA) is 75.6 Å². The zero-order chi connectivity index (χ0) is 16.8. The standard InChI is InChI=1S/C17H24N4O3/c22-16-2-1-6-20(16)7-4-17(23)21-8-9-24-12-14(11-21)10-15-3-5-18-13-19-15/h3,5,13-14H,1-2,4,6-12H2/t14-/m0/s1. The predicted molar refractivity (Wildman–Crippen MR) is 87.1 cm³/mol. The van der Waals surface area contributed by atoms with Gasteiger partial charge in [-0.05, 0) is 18.9 Å². The number of hydrogen-bond donors (Lipinski definition) is 0. The molecule has 3 heterocycles. The van der Waals surface area contributed by atoms with Gasteiger partial charge in [0.15, 0.2) is 0 Å². The molecule has 1 atom stereocenters. The molecule has 0 N–H and O–H groups in total. The lowest BCUT2D eigenvalue weighted by Gasteiger charge is -2.24. The second kappa shape index (κ2) is 8.19. The summed E-state index contributed by atoms with van der Waals surface area (Å²) in [6.07, 6.45) is 5.97. The highest BCUT2D eigenvalue weighted by Crippen LogP contribution is 2.14. The molecule has 7 heteroatoms. The summed E-state index contributed by atoms with van der Waals surface area (Å²) in [5, 5.41) is 0. The van der Waals surface area contributed by atoms with Gasteiger partial charge in [0.25, 0.3) is 0 Å². The molecule has 2 aliphatic heterocycles. The molecule has 0 aromatic carbocycles. The van der Waals surface area contributed by atoms with Crippen LogP contribution in [0.4, 0.5) is 0 Å². The van der Waals surface area contributed by atoms with E-state index in [1.807, 2.05) is 11.0 Å². The third-order valence-electron chi connectivity index (χ3n) is 4.60. The third kappa shape index (κ3) is 4.50. The van der Waals surface area contributed by atoms with E-state index in [-0.39, 0.29) is 17.7 Å². The maximum atomic E-state index is 12.5. The molecule has 7 nitrogen and oxygen atoms in total. The molecule has 0 spiro atoms. The molecule has 1 aromatic heterocycles. The number of ether oxygens (including phenoxy) is 1. The molecule has 0 bridgehead atoms. The molecule has 0 unspecified atom stereocenters. The van der Waals surface area contributed by atoms with Gasteiger partial charge in [0.05, 0.1) is 13.2 Å². The Bertz CT molecular complexity index is 566. The van der Waals surface area contributed by atoms with Crippen LogP contribution in [-0.4, -0.2) is 71.0 Å². The van der Waals surface area contributed by atoms with Crippen molar-refractivity contribution < 1.29 is 14.3 Å². The van der Waals surface area contributed by atoms with Crippen LogP contribution >= 0.6 is 0 Å². The first-order chi connectivity index (χ1) is 11.7. The summed E-state index contributed by atoms with van der Waals surface area (Å²) in [5.74, 6) is 0.510. The van der Waals surface area contributed by atoms with Gasteiger partial charge < -0.3 is 14.5 Å². The number of carbonyl (C=O) groups excluding carboxylic acids is 2. The smallest absolute Gasteiger partial charge is 0.224 e. The number of hydrogen-bond acceptors (Lipinski definition) is 5. The Hall–Kier alpha value is -2.02. The normalized spacial score (nSPS) is 21.8. The first-order valence-corrected chi connectivity index (χ1v) is 8.60. The number of carbonyl (C=O) groups is 2. The van der Waals surface area contributed by atoms with Gasteiger partial charge in [-0.15, -0.1) is 0 Å². The van der Waals surface area contributed by atoms with Gasteiger partial charge in [-0.3, -0.25) is 9.59 Å². The molecule has 3 rings (SSSR count). The number of rotatable bonds is 5. The minimum atomic E-state index is 0.105. The highest BCUT2D eigenvalue weighted by Gasteiger charge is 2.25.